The molecule has 0 aliphatic rings. The van der Waals surface area contributed by atoms with Gasteiger partial charge in [-0.2, -0.15) is 0 Å². The Labute approximate surface area is 128 Å². The fraction of sp³-hybridized carbons (Fsp3) is 0.111. The number of hydrogen-bond donors (Lipinski definition) is 1. The van der Waals surface area contributed by atoms with Crippen molar-refractivity contribution in [3.05, 3.63) is 65.6 Å². The van der Waals surface area contributed by atoms with E-state index in [-0.39, 0.29) is 5.91 Å². The van der Waals surface area contributed by atoms with E-state index >= 15 is 0 Å². The number of anilines is 1. The van der Waals surface area contributed by atoms with Gasteiger partial charge in [0.25, 0.3) is 0 Å². The molecule has 22 heavy (non-hydrogen) atoms. The zero-order chi connectivity index (χ0) is 15.5. The summed E-state index contributed by atoms with van der Waals surface area (Å²) in [7, 11) is 0. The Morgan fingerprint density at radius 3 is 2.55 bits per heavy atom. The van der Waals surface area contributed by atoms with Crippen LogP contribution in [0, 0.1) is 13.8 Å². The van der Waals surface area contributed by atoms with Crippen molar-refractivity contribution in [1.29, 1.82) is 0 Å². The van der Waals surface area contributed by atoms with E-state index < -0.39 is 0 Å². The van der Waals surface area contributed by atoms with Gasteiger partial charge in [0.1, 0.15) is 5.52 Å². The lowest BCUT2D eigenvalue weighted by atomic mass is 10.1. The molecule has 0 spiro atoms. The van der Waals surface area contributed by atoms with E-state index in [1.54, 1.807) is 6.08 Å². The molecule has 0 aliphatic carbocycles. The molecule has 3 aromatic rings. The van der Waals surface area contributed by atoms with E-state index in [4.69, 9.17) is 4.42 Å². The third kappa shape index (κ3) is 2.91. The lowest BCUT2D eigenvalue weighted by molar-refractivity contribution is -0.111. The van der Waals surface area contributed by atoms with Gasteiger partial charge < -0.3 is 9.73 Å². The highest BCUT2D eigenvalue weighted by molar-refractivity contribution is 6.02. The number of hydrogen-bond acceptors (Lipinski definition) is 3. The minimum absolute atomic E-state index is 0.209. The zero-order valence-electron chi connectivity index (χ0n) is 12.5. The summed E-state index contributed by atoms with van der Waals surface area (Å²) < 4.78 is 5.54. The Morgan fingerprint density at radius 2 is 1.82 bits per heavy atom. The molecule has 0 aliphatic heterocycles. The third-order valence-electron chi connectivity index (χ3n) is 3.42. The summed E-state index contributed by atoms with van der Waals surface area (Å²) in [4.78, 5) is 16.3. The van der Waals surface area contributed by atoms with Gasteiger partial charge in [-0.25, -0.2) is 4.98 Å². The second kappa shape index (κ2) is 5.85. The van der Waals surface area contributed by atoms with Gasteiger partial charge in [-0.05, 0) is 37.1 Å². The Hall–Kier alpha value is -2.88. The summed E-state index contributed by atoms with van der Waals surface area (Å²) in [6.07, 6.45) is 3.00. The number of aromatic nitrogens is 1. The first kappa shape index (κ1) is 14.1. The van der Waals surface area contributed by atoms with Gasteiger partial charge in [-0.15, -0.1) is 0 Å². The first-order chi connectivity index (χ1) is 10.6. The van der Waals surface area contributed by atoms with Crippen molar-refractivity contribution in [3.8, 4) is 0 Å². The van der Waals surface area contributed by atoms with Gasteiger partial charge >= 0.3 is 0 Å². The van der Waals surface area contributed by atoms with Crippen LogP contribution in [0.3, 0.4) is 0 Å². The van der Waals surface area contributed by atoms with Gasteiger partial charge in [0.15, 0.2) is 5.58 Å². The van der Waals surface area contributed by atoms with E-state index in [1.807, 2.05) is 56.3 Å². The lowest BCUT2D eigenvalue weighted by Gasteiger charge is -2.09. The predicted octanol–water partition coefficient (Wildman–Crippen LogP) is 4.10. The number of nitrogens with zero attached hydrogens (tertiary/aromatic N) is 1. The van der Waals surface area contributed by atoms with Crippen LogP contribution in [0.25, 0.3) is 17.2 Å². The topological polar surface area (TPSA) is 55.1 Å². The Morgan fingerprint density at radius 1 is 1.09 bits per heavy atom. The molecule has 110 valence electrons. The number of amides is 1. The molecule has 1 aromatic heterocycles. The maximum Gasteiger partial charge on any atom is 0.248 e. The summed E-state index contributed by atoms with van der Waals surface area (Å²) in [5.41, 5.74) is 4.39. The van der Waals surface area contributed by atoms with Crippen LogP contribution in [-0.2, 0) is 4.79 Å². The SMILES string of the molecule is Cc1cccc(C)c1NC(=O)/C=C/c1nc2ccccc2o1. The third-order valence-corrected chi connectivity index (χ3v) is 3.42. The molecular formula is C18H16N2O2. The van der Waals surface area contributed by atoms with Crippen molar-refractivity contribution in [2.45, 2.75) is 13.8 Å². The van der Waals surface area contributed by atoms with Crippen LogP contribution in [0.15, 0.2) is 53.0 Å². The average molecular weight is 292 g/mol. The van der Waals surface area contributed by atoms with Crippen LogP contribution in [0.5, 0.6) is 0 Å². The molecular weight excluding hydrogens is 276 g/mol. The Kier molecular flexibility index (Phi) is 3.74. The van der Waals surface area contributed by atoms with Gasteiger partial charge in [-0.3, -0.25) is 4.79 Å². The zero-order valence-corrected chi connectivity index (χ0v) is 12.5. The molecule has 0 saturated heterocycles. The molecule has 0 atom stereocenters. The maximum absolute atomic E-state index is 12.0. The number of fused-ring (bicyclic) bond motifs is 1. The van der Waals surface area contributed by atoms with E-state index in [9.17, 15) is 4.79 Å². The molecule has 1 N–H and O–H groups in total. The highest BCUT2D eigenvalue weighted by Crippen LogP contribution is 2.19. The quantitative estimate of drug-likeness (QED) is 0.739. The number of rotatable bonds is 3. The highest BCUT2D eigenvalue weighted by Gasteiger charge is 2.06. The Balaban J connectivity index is 1.76. The van der Waals surface area contributed by atoms with Gasteiger partial charge in [0.05, 0.1) is 0 Å². The predicted molar refractivity (Wildman–Crippen MR) is 87.6 cm³/mol. The number of para-hydroxylation sites is 3. The summed E-state index contributed by atoms with van der Waals surface area (Å²) in [6, 6.07) is 13.4. The smallest absolute Gasteiger partial charge is 0.248 e. The maximum atomic E-state index is 12.0. The van der Waals surface area contributed by atoms with E-state index in [0.29, 0.717) is 11.5 Å². The normalized spacial score (nSPS) is 11.2. The molecule has 0 radical (unpaired) electrons. The van der Waals surface area contributed by atoms with Crippen molar-refractivity contribution in [2.75, 3.05) is 5.32 Å². The summed E-state index contributed by atoms with van der Waals surface area (Å²) in [5.74, 6) is 0.206. The minimum atomic E-state index is -0.209. The van der Waals surface area contributed by atoms with Crippen LogP contribution in [-0.4, -0.2) is 10.9 Å². The average Bonchev–Trinajstić information content (AvgIpc) is 2.92. The van der Waals surface area contributed by atoms with Crippen molar-refractivity contribution in [3.63, 3.8) is 0 Å². The van der Waals surface area contributed by atoms with Crippen LogP contribution in [0.4, 0.5) is 5.69 Å². The number of carbonyl (C=O) groups is 1. The van der Waals surface area contributed by atoms with E-state index in [0.717, 1.165) is 22.3 Å². The van der Waals surface area contributed by atoms with Gasteiger partial charge in [0.2, 0.25) is 11.8 Å². The number of nitrogens with one attached hydrogen (secondary N) is 1. The van der Waals surface area contributed by atoms with Gasteiger partial charge in [-0.1, -0.05) is 30.3 Å². The molecule has 4 heteroatoms. The standard InChI is InChI=1S/C18H16N2O2/c1-12-6-5-7-13(2)18(12)20-16(21)10-11-17-19-14-8-3-4-9-15(14)22-17/h3-11H,1-2H3,(H,20,21)/b11-10+. The molecule has 2 aromatic carbocycles. The molecule has 0 unspecified atom stereocenters. The summed E-state index contributed by atoms with van der Waals surface area (Å²) in [5, 5.41) is 2.89. The molecule has 0 fully saturated rings. The largest absolute Gasteiger partial charge is 0.437 e. The highest BCUT2D eigenvalue weighted by atomic mass is 16.3. The number of carbonyl (C=O) groups excluding carboxylic acids is 1. The first-order valence-corrected chi connectivity index (χ1v) is 7.04. The van der Waals surface area contributed by atoms with Crippen LogP contribution in [0.2, 0.25) is 0 Å². The van der Waals surface area contributed by atoms with E-state index in [2.05, 4.69) is 10.3 Å². The monoisotopic (exact) mass is 292 g/mol. The fourth-order valence-electron chi connectivity index (χ4n) is 2.28. The van der Waals surface area contributed by atoms with Crippen LogP contribution in [0.1, 0.15) is 17.0 Å². The summed E-state index contributed by atoms with van der Waals surface area (Å²) >= 11 is 0. The van der Waals surface area contributed by atoms with Crippen LogP contribution < -0.4 is 5.32 Å². The van der Waals surface area contributed by atoms with Gasteiger partial charge in [0, 0.05) is 17.8 Å². The number of aryl methyl sites for hydroxylation is 2. The van der Waals surface area contributed by atoms with Crippen LogP contribution >= 0.6 is 0 Å². The fourth-order valence-corrected chi connectivity index (χ4v) is 2.28. The summed E-state index contributed by atoms with van der Waals surface area (Å²) in [6.45, 7) is 3.93. The molecule has 4 nitrogen and oxygen atoms in total. The molecule has 1 amide bonds. The van der Waals surface area contributed by atoms with Crippen molar-refractivity contribution in [2.24, 2.45) is 0 Å². The molecule has 1 heterocycles. The second-order valence-corrected chi connectivity index (χ2v) is 5.11. The van der Waals surface area contributed by atoms with Crippen molar-refractivity contribution < 1.29 is 9.21 Å². The lowest BCUT2D eigenvalue weighted by Crippen LogP contribution is -2.10. The van der Waals surface area contributed by atoms with E-state index in [1.165, 1.54) is 6.08 Å². The first-order valence-electron chi connectivity index (χ1n) is 7.04. The van der Waals surface area contributed by atoms with Crippen molar-refractivity contribution >= 4 is 28.8 Å². The minimum Gasteiger partial charge on any atom is -0.437 e. The number of benzene rings is 2. The second-order valence-electron chi connectivity index (χ2n) is 5.11. The molecule has 0 saturated carbocycles. The van der Waals surface area contributed by atoms with Crippen molar-refractivity contribution in [1.82, 2.24) is 4.98 Å². The molecule has 0 bridgehead atoms. The number of oxazole rings is 1. The molecule has 3 rings (SSSR count). The Bertz CT molecular complexity index is 809.